The van der Waals surface area contributed by atoms with Crippen LogP contribution in [0.5, 0.6) is 0 Å². The lowest BCUT2D eigenvalue weighted by atomic mass is 9.84. The van der Waals surface area contributed by atoms with Gasteiger partial charge in [-0.3, -0.25) is 4.84 Å². The minimum Gasteiger partial charge on any atom is -0.335 e. The molecule has 4 heteroatoms. The summed E-state index contributed by atoms with van der Waals surface area (Å²) in [6.07, 6.45) is 10.9. The van der Waals surface area contributed by atoms with Crippen LogP contribution in [-0.4, -0.2) is 27.8 Å². The number of hydroxylamine groups is 2. The van der Waals surface area contributed by atoms with E-state index >= 15 is 0 Å². The van der Waals surface area contributed by atoms with Crippen LogP contribution in [-0.2, 0) is 16.9 Å². The van der Waals surface area contributed by atoms with Gasteiger partial charge < -0.3 is 4.57 Å². The van der Waals surface area contributed by atoms with E-state index in [9.17, 15) is 0 Å². The van der Waals surface area contributed by atoms with Crippen molar-refractivity contribution in [2.24, 2.45) is 0 Å². The summed E-state index contributed by atoms with van der Waals surface area (Å²) in [5, 5.41) is 4.54. The fourth-order valence-electron chi connectivity index (χ4n) is 4.40. The summed E-state index contributed by atoms with van der Waals surface area (Å²) in [7, 11) is 2.04. The molecule has 0 amide bonds. The van der Waals surface area contributed by atoms with Crippen LogP contribution >= 0.6 is 0 Å². The lowest BCUT2D eigenvalue weighted by molar-refractivity contribution is -0.165. The Morgan fingerprint density at radius 2 is 1.83 bits per heavy atom. The zero-order chi connectivity index (χ0) is 20.4. The summed E-state index contributed by atoms with van der Waals surface area (Å²) in [4.78, 5) is 10.6. The second-order valence-corrected chi connectivity index (χ2v) is 7.94. The summed E-state index contributed by atoms with van der Waals surface area (Å²) >= 11 is 0. The van der Waals surface area contributed by atoms with E-state index in [0.29, 0.717) is 0 Å². The Bertz CT molecular complexity index is 1150. The third-order valence-electron chi connectivity index (χ3n) is 6.03. The molecular weight excluding hydrogens is 370 g/mol. The number of hydrogen-bond donors (Lipinski definition) is 0. The summed E-state index contributed by atoms with van der Waals surface area (Å²) in [5.74, 6) is 0. The Morgan fingerprint density at radius 1 is 1.03 bits per heavy atom. The van der Waals surface area contributed by atoms with Crippen LogP contribution in [0.4, 0.5) is 0 Å². The SMILES string of the molecule is CN1OC(/C=C/c2ccccc2)CC1(Cn1ccnc1)c1ccc2ccccc2c1. The van der Waals surface area contributed by atoms with Crippen LogP contribution < -0.4 is 0 Å². The third kappa shape index (κ3) is 3.56. The van der Waals surface area contributed by atoms with Crippen LogP contribution in [0, 0.1) is 0 Å². The molecule has 5 rings (SSSR count). The molecule has 2 unspecified atom stereocenters. The maximum Gasteiger partial charge on any atom is 0.1000 e. The van der Waals surface area contributed by atoms with Gasteiger partial charge in [-0.25, -0.2) is 4.98 Å². The number of aromatic nitrogens is 2. The quantitative estimate of drug-likeness (QED) is 0.460. The molecule has 0 N–H and O–H groups in total. The Hall–Kier alpha value is -3.21. The minimum absolute atomic E-state index is 0.00481. The molecule has 1 fully saturated rings. The molecule has 4 nitrogen and oxygen atoms in total. The van der Waals surface area contributed by atoms with Gasteiger partial charge in [-0.2, -0.15) is 5.06 Å². The molecule has 150 valence electrons. The summed E-state index contributed by atoms with van der Waals surface area (Å²) in [5.41, 5.74) is 2.16. The molecule has 0 saturated carbocycles. The van der Waals surface area contributed by atoms with Gasteiger partial charge in [0.2, 0.25) is 0 Å². The molecule has 1 saturated heterocycles. The lowest BCUT2D eigenvalue weighted by Gasteiger charge is -2.35. The fraction of sp³-hybridized carbons (Fsp3) is 0.192. The molecule has 0 spiro atoms. The monoisotopic (exact) mass is 395 g/mol. The Labute approximate surface area is 177 Å². The highest BCUT2D eigenvalue weighted by Crippen LogP contribution is 2.42. The molecular formula is C26H25N3O. The molecule has 2 heterocycles. The van der Waals surface area contributed by atoms with Gasteiger partial charge in [-0.15, -0.1) is 0 Å². The van der Waals surface area contributed by atoms with Crippen molar-refractivity contribution in [1.82, 2.24) is 14.6 Å². The Kier molecular flexibility index (Phi) is 4.95. The third-order valence-corrected chi connectivity index (χ3v) is 6.03. The zero-order valence-corrected chi connectivity index (χ0v) is 17.1. The largest absolute Gasteiger partial charge is 0.335 e. The number of rotatable bonds is 5. The molecule has 2 atom stereocenters. The predicted octanol–water partition coefficient (Wildman–Crippen LogP) is 5.28. The first-order chi connectivity index (χ1) is 14.7. The van der Waals surface area contributed by atoms with Crippen molar-refractivity contribution in [3.63, 3.8) is 0 Å². The number of likely N-dealkylation sites (N-methyl/N-ethyl adjacent to an activating group) is 1. The van der Waals surface area contributed by atoms with Crippen molar-refractivity contribution in [3.05, 3.63) is 109 Å². The molecule has 1 aromatic heterocycles. The summed E-state index contributed by atoms with van der Waals surface area (Å²) in [6.45, 7) is 0.775. The van der Waals surface area contributed by atoms with E-state index in [4.69, 9.17) is 4.84 Å². The van der Waals surface area contributed by atoms with E-state index < -0.39 is 0 Å². The van der Waals surface area contributed by atoms with Crippen molar-refractivity contribution >= 4 is 16.8 Å². The average Bonchev–Trinajstić information content (AvgIpc) is 3.41. The smallest absolute Gasteiger partial charge is 0.1000 e. The van der Waals surface area contributed by atoms with Gasteiger partial charge in [0.05, 0.1) is 18.0 Å². The number of hydrogen-bond acceptors (Lipinski definition) is 3. The first-order valence-corrected chi connectivity index (χ1v) is 10.3. The summed E-state index contributed by atoms with van der Waals surface area (Å²) in [6, 6.07) is 25.6. The Morgan fingerprint density at radius 3 is 2.63 bits per heavy atom. The highest BCUT2D eigenvalue weighted by molar-refractivity contribution is 5.83. The highest BCUT2D eigenvalue weighted by atomic mass is 16.7. The maximum atomic E-state index is 6.33. The standard InChI is InChI=1S/C26H25N3O/c1-28-26(19-29-16-15-27-20-29,24-13-12-22-9-5-6-10-23(22)17-24)18-25(30-28)14-11-21-7-3-2-4-8-21/h2-17,20,25H,18-19H2,1H3/b14-11+. The molecule has 0 bridgehead atoms. The average molecular weight is 396 g/mol. The molecule has 4 aromatic rings. The van der Waals surface area contributed by atoms with Gasteiger partial charge in [0, 0.05) is 32.4 Å². The topological polar surface area (TPSA) is 30.3 Å². The van der Waals surface area contributed by atoms with Crippen LogP contribution in [0.2, 0.25) is 0 Å². The second kappa shape index (κ2) is 7.90. The van der Waals surface area contributed by atoms with Crippen molar-refractivity contribution < 1.29 is 4.84 Å². The van der Waals surface area contributed by atoms with Gasteiger partial charge >= 0.3 is 0 Å². The number of fused-ring (bicyclic) bond motifs is 1. The molecule has 1 aliphatic rings. The van der Waals surface area contributed by atoms with Crippen LogP contribution in [0.15, 0.2) is 97.6 Å². The van der Waals surface area contributed by atoms with E-state index in [2.05, 4.69) is 88.4 Å². The second-order valence-electron chi connectivity index (χ2n) is 7.94. The van der Waals surface area contributed by atoms with E-state index in [1.807, 2.05) is 36.9 Å². The molecule has 0 radical (unpaired) electrons. The lowest BCUT2D eigenvalue weighted by Crippen LogP contribution is -2.41. The van der Waals surface area contributed by atoms with Crippen molar-refractivity contribution in [2.45, 2.75) is 24.6 Å². The number of benzene rings is 3. The van der Waals surface area contributed by atoms with E-state index in [0.717, 1.165) is 13.0 Å². The van der Waals surface area contributed by atoms with Gasteiger partial charge in [-0.1, -0.05) is 78.9 Å². The first kappa shape index (κ1) is 18.8. The van der Waals surface area contributed by atoms with E-state index in [1.165, 1.54) is 21.9 Å². The number of nitrogens with zero attached hydrogens (tertiary/aromatic N) is 3. The van der Waals surface area contributed by atoms with Gasteiger partial charge in [0.15, 0.2) is 0 Å². The van der Waals surface area contributed by atoms with Crippen LogP contribution in [0.25, 0.3) is 16.8 Å². The fourth-order valence-corrected chi connectivity index (χ4v) is 4.40. The van der Waals surface area contributed by atoms with Crippen molar-refractivity contribution in [1.29, 1.82) is 0 Å². The van der Waals surface area contributed by atoms with Crippen molar-refractivity contribution in [2.75, 3.05) is 7.05 Å². The number of imidazole rings is 1. The molecule has 30 heavy (non-hydrogen) atoms. The molecule has 0 aliphatic carbocycles. The van der Waals surface area contributed by atoms with Crippen molar-refractivity contribution in [3.8, 4) is 0 Å². The van der Waals surface area contributed by atoms with Crippen LogP contribution in [0.3, 0.4) is 0 Å². The minimum atomic E-state index is -0.281. The summed E-state index contributed by atoms with van der Waals surface area (Å²) < 4.78 is 2.14. The highest BCUT2D eigenvalue weighted by Gasteiger charge is 2.46. The predicted molar refractivity (Wildman–Crippen MR) is 121 cm³/mol. The normalized spacial score (nSPS) is 22.2. The first-order valence-electron chi connectivity index (χ1n) is 10.3. The molecule has 1 aliphatic heterocycles. The zero-order valence-electron chi connectivity index (χ0n) is 17.1. The van der Waals surface area contributed by atoms with E-state index in [1.54, 1.807) is 0 Å². The Balaban J connectivity index is 1.52. The van der Waals surface area contributed by atoms with E-state index in [-0.39, 0.29) is 11.6 Å². The van der Waals surface area contributed by atoms with Gasteiger partial charge in [0.25, 0.3) is 0 Å². The van der Waals surface area contributed by atoms with Gasteiger partial charge in [-0.05, 0) is 28.0 Å². The molecule has 3 aromatic carbocycles. The van der Waals surface area contributed by atoms with Gasteiger partial charge in [0.1, 0.15) is 0 Å². The maximum absolute atomic E-state index is 6.33. The van der Waals surface area contributed by atoms with Crippen LogP contribution in [0.1, 0.15) is 17.5 Å².